The number of amidine groups is 2. The van der Waals surface area contributed by atoms with E-state index in [1.165, 1.54) is 17.2 Å². The largest absolute Gasteiger partial charge is 0.510 e. The zero-order valence-electron chi connectivity index (χ0n) is 17.8. The summed E-state index contributed by atoms with van der Waals surface area (Å²) in [6, 6.07) is 4.80. The first-order chi connectivity index (χ1) is 16.2. The minimum Gasteiger partial charge on any atom is -0.510 e. The van der Waals surface area contributed by atoms with Crippen molar-refractivity contribution in [2.45, 2.75) is 12.6 Å². The molecule has 3 N–H and O–H groups in total. The number of hydrogen-bond donors (Lipinski definition) is 3. The molecule has 34 heavy (non-hydrogen) atoms. The topological polar surface area (TPSA) is 144 Å². The minimum atomic E-state index is -1.48. The Morgan fingerprint density at radius 2 is 1.97 bits per heavy atom. The summed E-state index contributed by atoms with van der Waals surface area (Å²) in [5, 5.41) is 37.4. The molecule has 1 saturated heterocycles. The number of ketones is 1. The van der Waals surface area contributed by atoms with Gasteiger partial charge in [0, 0.05) is 38.4 Å². The molecule has 0 bridgehead atoms. The van der Waals surface area contributed by atoms with E-state index in [0.29, 0.717) is 19.2 Å². The van der Waals surface area contributed by atoms with Gasteiger partial charge < -0.3 is 24.9 Å². The maximum atomic E-state index is 14.5. The number of anilines is 1. The van der Waals surface area contributed by atoms with E-state index in [2.05, 4.69) is 4.99 Å². The number of piperazine rings is 1. The molecule has 2 unspecified atom stereocenters. The summed E-state index contributed by atoms with van der Waals surface area (Å²) in [6.07, 6.45) is 1.10. The summed E-state index contributed by atoms with van der Waals surface area (Å²) in [6.45, 7) is 1.11. The van der Waals surface area contributed by atoms with Crippen molar-refractivity contribution in [2.75, 3.05) is 31.1 Å². The summed E-state index contributed by atoms with van der Waals surface area (Å²) >= 11 is 0. The maximum Gasteiger partial charge on any atom is 0.342 e. The van der Waals surface area contributed by atoms with Crippen LogP contribution in [-0.4, -0.2) is 75.8 Å². The second kappa shape index (κ2) is 8.93. The molecule has 0 radical (unpaired) electrons. The van der Waals surface area contributed by atoms with Crippen LogP contribution in [0.3, 0.4) is 0 Å². The third kappa shape index (κ3) is 3.96. The fourth-order valence-corrected chi connectivity index (χ4v) is 4.26. The lowest BCUT2D eigenvalue weighted by atomic mass is 9.88. The number of carboxylic acid groups (broad SMARTS) is 1. The van der Waals surface area contributed by atoms with Crippen LogP contribution in [0.25, 0.3) is 0 Å². The smallest absolute Gasteiger partial charge is 0.342 e. The SMILES string of the molecule is N#CCC(=N)N1CCN(C2=NC3C(C(=O)C=CN3c3ccc(F)cc3F)C(O)=C2C(=O)O)CC1. The minimum absolute atomic E-state index is 0.0571. The number of nitrogens with one attached hydrogen (secondary N) is 1. The summed E-state index contributed by atoms with van der Waals surface area (Å²) in [5.74, 6) is -5.78. The lowest BCUT2D eigenvalue weighted by Crippen LogP contribution is -2.55. The summed E-state index contributed by atoms with van der Waals surface area (Å²) in [4.78, 5) is 33.7. The number of dihydropyridines is 1. The number of carbonyl (C=O) groups excluding carboxylic acids is 1. The van der Waals surface area contributed by atoms with Gasteiger partial charge in [-0.3, -0.25) is 10.2 Å². The Balaban J connectivity index is 1.72. The van der Waals surface area contributed by atoms with Crippen LogP contribution in [0.4, 0.5) is 14.5 Å². The molecule has 0 aliphatic carbocycles. The molecular formula is C22H20F2N6O4. The number of nitriles is 1. The first kappa shape index (κ1) is 22.9. The van der Waals surface area contributed by atoms with Crippen molar-refractivity contribution in [2.24, 2.45) is 10.9 Å². The molecule has 10 nitrogen and oxygen atoms in total. The molecular weight excluding hydrogens is 450 g/mol. The molecule has 3 heterocycles. The number of aliphatic imine (C=N–C) groups is 1. The molecule has 0 spiro atoms. The van der Waals surface area contributed by atoms with Crippen LogP contribution in [0, 0.1) is 34.3 Å². The van der Waals surface area contributed by atoms with Gasteiger partial charge in [-0.1, -0.05) is 0 Å². The lowest BCUT2D eigenvalue weighted by molar-refractivity contribution is -0.132. The average Bonchev–Trinajstić information content (AvgIpc) is 2.79. The third-order valence-corrected chi connectivity index (χ3v) is 5.93. The van der Waals surface area contributed by atoms with E-state index in [1.807, 2.05) is 6.07 Å². The van der Waals surface area contributed by atoms with Crippen molar-refractivity contribution in [1.82, 2.24) is 9.80 Å². The molecule has 3 aliphatic heterocycles. The molecule has 2 atom stereocenters. The van der Waals surface area contributed by atoms with Gasteiger partial charge in [-0.25, -0.2) is 18.6 Å². The first-order valence-corrected chi connectivity index (χ1v) is 10.4. The highest BCUT2D eigenvalue weighted by Gasteiger charge is 2.46. The Labute approximate surface area is 192 Å². The van der Waals surface area contributed by atoms with E-state index in [4.69, 9.17) is 10.7 Å². The molecule has 3 aliphatic rings. The fraction of sp³-hybridized carbons (Fsp3) is 0.318. The predicted octanol–water partition coefficient (Wildman–Crippen LogP) is 1.63. The number of benzene rings is 1. The standard InChI is InChI=1S/C22H20F2N6O4/c23-12-1-2-14(13(24)11-12)30-6-4-15(31)17-19(32)18(22(33)34)20(27-21(17)30)29-9-7-28(8-10-29)16(26)3-5-25/h1-2,4,6,11,17,21,26,32H,3,7-10H2,(H,33,34). The molecule has 1 fully saturated rings. The zero-order valence-corrected chi connectivity index (χ0v) is 17.8. The molecule has 0 aromatic heterocycles. The van der Waals surface area contributed by atoms with Crippen LogP contribution in [-0.2, 0) is 9.59 Å². The van der Waals surface area contributed by atoms with E-state index in [1.54, 1.807) is 9.80 Å². The molecule has 1 aromatic carbocycles. The number of fused-ring (bicyclic) bond motifs is 1. The van der Waals surface area contributed by atoms with E-state index in [-0.39, 0.29) is 36.9 Å². The summed E-state index contributed by atoms with van der Waals surface area (Å²) in [7, 11) is 0. The van der Waals surface area contributed by atoms with Gasteiger partial charge in [0.2, 0.25) is 0 Å². The Morgan fingerprint density at radius 3 is 2.59 bits per heavy atom. The number of aliphatic carboxylic acids is 1. The third-order valence-electron chi connectivity index (χ3n) is 5.93. The van der Waals surface area contributed by atoms with Gasteiger partial charge in [0.25, 0.3) is 0 Å². The van der Waals surface area contributed by atoms with Crippen LogP contribution >= 0.6 is 0 Å². The second-order valence-electron chi connectivity index (χ2n) is 7.89. The molecule has 176 valence electrons. The highest BCUT2D eigenvalue weighted by atomic mass is 19.1. The number of hydrogen-bond acceptors (Lipinski definition) is 8. The number of halogens is 2. The van der Waals surface area contributed by atoms with Gasteiger partial charge in [-0.15, -0.1) is 0 Å². The van der Waals surface area contributed by atoms with Crippen LogP contribution in [0.5, 0.6) is 0 Å². The second-order valence-corrected chi connectivity index (χ2v) is 7.89. The maximum absolute atomic E-state index is 14.5. The highest BCUT2D eigenvalue weighted by molar-refractivity contribution is 6.20. The summed E-state index contributed by atoms with van der Waals surface area (Å²) < 4.78 is 28.0. The first-order valence-electron chi connectivity index (χ1n) is 10.4. The quantitative estimate of drug-likeness (QED) is 0.447. The summed E-state index contributed by atoms with van der Waals surface area (Å²) in [5.41, 5.74) is -0.616. The highest BCUT2D eigenvalue weighted by Crippen LogP contribution is 2.36. The van der Waals surface area contributed by atoms with Crippen molar-refractivity contribution >= 4 is 29.1 Å². The number of carbonyl (C=O) groups is 2. The van der Waals surface area contributed by atoms with Gasteiger partial charge >= 0.3 is 5.97 Å². The van der Waals surface area contributed by atoms with E-state index < -0.39 is 46.8 Å². The average molecular weight is 470 g/mol. The van der Waals surface area contributed by atoms with Crippen LogP contribution in [0.15, 0.2) is 46.8 Å². The fourth-order valence-electron chi connectivity index (χ4n) is 4.26. The molecule has 1 aromatic rings. The Morgan fingerprint density at radius 1 is 1.26 bits per heavy atom. The number of aliphatic hydroxyl groups excluding tert-OH is 1. The van der Waals surface area contributed by atoms with Crippen molar-refractivity contribution in [3.63, 3.8) is 0 Å². The molecule has 0 amide bonds. The lowest BCUT2D eigenvalue weighted by Gasteiger charge is -2.42. The van der Waals surface area contributed by atoms with E-state index >= 15 is 0 Å². The Hall–Kier alpha value is -4.27. The monoisotopic (exact) mass is 470 g/mol. The van der Waals surface area contributed by atoms with Crippen LogP contribution in [0.2, 0.25) is 0 Å². The number of allylic oxidation sites excluding steroid dienone is 1. The van der Waals surface area contributed by atoms with Gasteiger partial charge in [0.05, 0.1) is 18.2 Å². The molecule has 0 saturated carbocycles. The van der Waals surface area contributed by atoms with Crippen LogP contribution in [0.1, 0.15) is 6.42 Å². The number of nitrogens with zero attached hydrogens (tertiary/aromatic N) is 5. The number of carboxylic acids is 1. The van der Waals surface area contributed by atoms with Gasteiger partial charge in [0.15, 0.2) is 5.78 Å². The van der Waals surface area contributed by atoms with E-state index in [0.717, 1.165) is 12.1 Å². The number of aliphatic hydroxyl groups is 1. The predicted molar refractivity (Wildman–Crippen MR) is 116 cm³/mol. The molecule has 12 heteroatoms. The zero-order chi connectivity index (χ0) is 24.6. The van der Waals surface area contributed by atoms with Crippen molar-refractivity contribution in [1.29, 1.82) is 10.7 Å². The Bertz CT molecular complexity index is 1200. The van der Waals surface area contributed by atoms with Crippen molar-refractivity contribution < 1.29 is 28.6 Å². The van der Waals surface area contributed by atoms with Gasteiger partial charge in [-0.2, -0.15) is 5.26 Å². The normalized spacial score (nSPS) is 22.3. The van der Waals surface area contributed by atoms with Crippen molar-refractivity contribution in [3.8, 4) is 6.07 Å². The Kier molecular flexibility index (Phi) is 6.02. The molecule has 4 rings (SSSR count). The van der Waals surface area contributed by atoms with Gasteiger partial charge in [-0.05, 0) is 18.2 Å². The van der Waals surface area contributed by atoms with E-state index in [9.17, 15) is 28.6 Å². The van der Waals surface area contributed by atoms with Gasteiger partial charge in [0.1, 0.15) is 46.7 Å². The van der Waals surface area contributed by atoms with Crippen molar-refractivity contribution in [3.05, 3.63) is 53.4 Å². The number of rotatable bonds is 3. The van der Waals surface area contributed by atoms with Crippen LogP contribution < -0.4 is 4.90 Å².